The zero-order valence-electron chi connectivity index (χ0n) is 12.0. The van der Waals surface area contributed by atoms with Crippen molar-refractivity contribution in [3.8, 4) is 0 Å². The predicted molar refractivity (Wildman–Crippen MR) is 71.5 cm³/mol. The second kappa shape index (κ2) is 5.38. The van der Waals surface area contributed by atoms with Crippen LogP contribution in [-0.4, -0.2) is 29.7 Å². The maximum atomic E-state index is 13.7. The molecule has 0 bridgehead atoms. The molecule has 5 heteroatoms. The van der Waals surface area contributed by atoms with E-state index in [1.54, 1.807) is 20.8 Å². The van der Waals surface area contributed by atoms with Crippen molar-refractivity contribution in [3.05, 3.63) is 35.4 Å². The number of benzene rings is 1. The van der Waals surface area contributed by atoms with E-state index in [0.29, 0.717) is 13.0 Å². The number of nitrogens with zero attached hydrogens (tertiary/aromatic N) is 1. The van der Waals surface area contributed by atoms with Crippen LogP contribution in [0.2, 0.25) is 0 Å². The Hall–Kier alpha value is -1.65. The van der Waals surface area contributed by atoms with E-state index in [-0.39, 0.29) is 18.0 Å². The van der Waals surface area contributed by atoms with E-state index in [4.69, 9.17) is 4.74 Å². The number of carbonyl (C=O) groups is 1. The van der Waals surface area contributed by atoms with Crippen molar-refractivity contribution < 1.29 is 18.3 Å². The van der Waals surface area contributed by atoms with Crippen molar-refractivity contribution in [1.82, 2.24) is 4.90 Å². The molecule has 0 N–H and O–H groups in total. The van der Waals surface area contributed by atoms with E-state index in [1.807, 2.05) is 0 Å². The first-order valence-corrected chi connectivity index (χ1v) is 6.70. The third kappa shape index (κ3) is 3.26. The highest BCUT2D eigenvalue weighted by atomic mass is 19.1. The molecule has 0 aromatic heterocycles. The average Bonchev–Trinajstić information content (AvgIpc) is 2.76. The van der Waals surface area contributed by atoms with Crippen LogP contribution in [0.15, 0.2) is 18.2 Å². The number of rotatable bonds is 1. The second-order valence-electron chi connectivity index (χ2n) is 6.05. The van der Waals surface area contributed by atoms with E-state index in [9.17, 15) is 13.6 Å². The lowest BCUT2D eigenvalue weighted by Crippen LogP contribution is -2.35. The summed E-state index contributed by atoms with van der Waals surface area (Å²) >= 11 is 0. The summed E-state index contributed by atoms with van der Waals surface area (Å²) in [5.74, 6) is -1.43. The van der Waals surface area contributed by atoms with Gasteiger partial charge < -0.3 is 9.64 Å². The van der Waals surface area contributed by atoms with Crippen LogP contribution in [0.3, 0.4) is 0 Å². The minimum absolute atomic E-state index is 0.0681. The second-order valence-corrected chi connectivity index (χ2v) is 6.05. The highest BCUT2D eigenvalue weighted by molar-refractivity contribution is 5.68. The Bertz CT molecular complexity index is 491. The molecule has 1 unspecified atom stereocenters. The van der Waals surface area contributed by atoms with Gasteiger partial charge in [-0.05, 0) is 39.3 Å². The molecule has 1 aliphatic heterocycles. The first-order chi connectivity index (χ1) is 9.28. The summed E-state index contributed by atoms with van der Waals surface area (Å²) < 4.78 is 32.7. The highest BCUT2D eigenvalue weighted by Crippen LogP contribution is 2.31. The number of hydrogen-bond donors (Lipinski definition) is 0. The van der Waals surface area contributed by atoms with E-state index in [1.165, 1.54) is 23.1 Å². The molecule has 0 saturated carbocycles. The van der Waals surface area contributed by atoms with Crippen LogP contribution in [0.25, 0.3) is 0 Å². The van der Waals surface area contributed by atoms with E-state index < -0.39 is 23.3 Å². The van der Waals surface area contributed by atoms with Gasteiger partial charge in [-0.2, -0.15) is 0 Å². The Morgan fingerprint density at radius 1 is 1.30 bits per heavy atom. The molecule has 110 valence electrons. The van der Waals surface area contributed by atoms with Gasteiger partial charge in [-0.25, -0.2) is 13.6 Å². The molecule has 0 spiro atoms. The Kier molecular flexibility index (Phi) is 3.97. The first kappa shape index (κ1) is 14.8. The summed E-state index contributed by atoms with van der Waals surface area (Å²) in [6.07, 6.45) is 0.105. The van der Waals surface area contributed by atoms with Gasteiger partial charge >= 0.3 is 6.09 Å². The summed E-state index contributed by atoms with van der Waals surface area (Å²) in [6, 6.07) is 3.83. The summed E-state index contributed by atoms with van der Waals surface area (Å²) in [5, 5.41) is 0. The molecule has 1 atom stereocenters. The van der Waals surface area contributed by atoms with Gasteiger partial charge in [0.05, 0.1) is 0 Å². The molecule has 1 aromatic carbocycles. The molecule has 1 amide bonds. The molecule has 1 aliphatic rings. The number of amides is 1. The van der Waals surface area contributed by atoms with Gasteiger partial charge in [0.1, 0.15) is 17.2 Å². The number of ether oxygens (including phenoxy) is 1. The van der Waals surface area contributed by atoms with E-state index in [2.05, 4.69) is 0 Å². The van der Waals surface area contributed by atoms with Crippen molar-refractivity contribution in [3.63, 3.8) is 0 Å². The van der Waals surface area contributed by atoms with Crippen LogP contribution < -0.4 is 0 Å². The molecule has 1 saturated heterocycles. The van der Waals surface area contributed by atoms with Crippen molar-refractivity contribution >= 4 is 6.09 Å². The standard InChI is InChI=1S/C15H19F2NO2/c1-15(2,3)20-14(19)18-8-7-10(9-18)13-11(16)5-4-6-12(13)17/h4-6,10H,7-9H2,1-3H3. The zero-order valence-corrected chi connectivity index (χ0v) is 12.0. The van der Waals surface area contributed by atoms with E-state index >= 15 is 0 Å². The Morgan fingerprint density at radius 2 is 1.90 bits per heavy atom. The van der Waals surface area contributed by atoms with Crippen LogP contribution in [0.4, 0.5) is 13.6 Å². The molecule has 0 aliphatic carbocycles. The summed E-state index contributed by atoms with van der Waals surface area (Å²) in [4.78, 5) is 13.4. The van der Waals surface area contributed by atoms with Gasteiger partial charge in [0.15, 0.2) is 0 Å². The van der Waals surface area contributed by atoms with Crippen molar-refractivity contribution in [2.45, 2.75) is 38.7 Å². The fourth-order valence-corrected chi connectivity index (χ4v) is 2.39. The van der Waals surface area contributed by atoms with Gasteiger partial charge in [0.25, 0.3) is 0 Å². The largest absolute Gasteiger partial charge is 0.444 e. The van der Waals surface area contributed by atoms with E-state index in [0.717, 1.165) is 0 Å². The molecule has 20 heavy (non-hydrogen) atoms. The topological polar surface area (TPSA) is 29.5 Å². The molecule has 0 radical (unpaired) electrons. The van der Waals surface area contributed by atoms with Gasteiger partial charge in [-0.3, -0.25) is 0 Å². The minimum Gasteiger partial charge on any atom is -0.444 e. The lowest BCUT2D eigenvalue weighted by molar-refractivity contribution is 0.0292. The number of likely N-dealkylation sites (tertiary alicyclic amines) is 1. The monoisotopic (exact) mass is 283 g/mol. The quantitative estimate of drug-likeness (QED) is 0.786. The van der Waals surface area contributed by atoms with Gasteiger partial charge in [0, 0.05) is 24.6 Å². The molecule has 2 rings (SSSR count). The van der Waals surface area contributed by atoms with Crippen molar-refractivity contribution in [2.24, 2.45) is 0 Å². The maximum absolute atomic E-state index is 13.7. The lowest BCUT2D eigenvalue weighted by Gasteiger charge is -2.24. The lowest BCUT2D eigenvalue weighted by atomic mass is 9.97. The van der Waals surface area contributed by atoms with Crippen LogP contribution in [0.1, 0.15) is 38.7 Å². The van der Waals surface area contributed by atoms with Crippen molar-refractivity contribution in [2.75, 3.05) is 13.1 Å². The third-order valence-electron chi connectivity index (χ3n) is 3.25. The molecular weight excluding hydrogens is 264 g/mol. The Balaban J connectivity index is 2.08. The van der Waals surface area contributed by atoms with Crippen LogP contribution in [0, 0.1) is 11.6 Å². The SMILES string of the molecule is CC(C)(C)OC(=O)N1CCC(c2c(F)cccc2F)C1. The molecular formula is C15H19F2NO2. The molecule has 1 aromatic rings. The fraction of sp³-hybridized carbons (Fsp3) is 0.533. The Labute approximate surface area is 117 Å². The highest BCUT2D eigenvalue weighted by Gasteiger charge is 2.33. The van der Waals surface area contributed by atoms with Crippen molar-refractivity contribution in [1.29, 1.82) is 0 Å². The summed E-state index contributed by atoms with van der Waals surface area (Å²) in [7, 11) is 0. The number of hydrogen-bond acceptors (Lipinski definition) is 2. The third-order valence-corrected chi connectivity index (χ3v) is 3.25. The minimum atomic E-state index is -0.571. The Morgan fingerprint density at radius 3 is 2.45 bits per heavy atom. The predicted octanol–water partition coefficient (Wildman–Crippen LogP) is 3.69. The normalized spacial score (nSPS) is 19.2. The molecule has 1 fully saturated rings. The average molecular weight is 283 g/mol. The zero-order chi connectivity index (χ0) is 14.9. The number of carbonyl (C=O) groups excluding carboxylic acids is 1. The first-order valence-electron chi connectivity index (χ1n) is 6.70. The number of halogens is 2. The van der Waals surface area contributed by atoms with Gasteiger partial charge in [-0.1, -0.05) is 6.07 Å². The van der Waals surface area contributed by atoms with Gasteiger partial charge in [0.2, 0.25) is 0 Å². The maximum Gasteiger partial charge on any atom is 0.410 e. The van der Waals surface area contributed by atoms with Gasteiger partial charge in [-0.15, -0.1) is 0 Å². The molecule has 1 heterocycles. The summed E-state index contributed by atoms with van der Waals surface area (Å²) in [6.45, 7) is 6.10. The van der Waals surface area contributed by atoms with Crippen LogP contribution in [0.5, 0.6) is 0 Å². The van der Waals surface area contributed by atoms with Crippen LogP contribution >= 0.6 is 0 Å². The summed E-state index contributed by atoms with van der Waals surface area (Å²) in [5.41, 5.74) is -0.503. The van der Waals surface area contributed by atoms with Crippen LogP contribution in [-0.2, 0) is 4.74 Å². The fourth-order valence-electron chi connectivity index (χ4n) is 2.39. The smallest absolute Gasteiger partial charge is 0.410 e. The molecule has 3 nitrogen and oxygen atoms in total.